The van der Waals surface area contributed by atoms with Gasteiger partial charge in [0.15, 0.2) is 9.84 Å². The molecular weight excluding hydrogens is 267 g/mol. The number of nitrogens with one attached hydrogen (secondary N) is 1. The zero-order chi connectivity index (χ0) is 14.0. The zero-order valence-corrected chi connectivity index (χ0v) is 12.0. The summed E-state index contributed by atoms with van der Waals surface area (Å²) in [7, 11) is 0.601. The average Bonchev–Trinajstić information content (AvgIpc) is 2.70. The first-order chi connectivity index (χ1) is 8.94. The molecule has 6 heteroatoms. The van der Waals surface area contributed by atoms with Gasteiger partial charge >= 0.3 is 0 Å². The summed E-state index contributed by atoms with van der Waals surface area (Å²) in [4.78, 5) is 1.77. The molecule has 1 fully saturated rings. The van der Waals surface area contributed by atoms with E-state index in [9.17, 15) is 12.8 Å². The SMILES string of the molecule is CNCc1cccc(F)c1N(C)C1CCS(=O)(=O)C1. The second-order valence-corrected chi connectivity index (χ2v) is 7.17. The average molecular weight is 286 g/mol. The summed E-state index contributed by atoms with van der Waals surface area (Å²) < 4.78 is 37.1. The molecule has 1 heterocycles. The molecule has 1 saturated heterocycles. The van der Waals surface area contributed by atoms with Crippen LogP contribution in [0.15, 0.2) is 18.2 Å². The third-order valence-electron chi connectivity index (χ3n) is 3.55. The fraction of sp³-hybridized carbons (Fsp3) is 0.538. The molecule has 1 aromatic carbocycles. The number of benzene rings is 1. The number of hydrogen-bond donors (Lipinski definition) is 1. The van der Waals surface area contributed by atoms with Crippen LogP contribution in [0.1, 0.15) is 12.0 Å². The minimum absolute atomic E-state index is 0.108. The molecule has 19 heavy (non-hydrogen) atoms. The van der Waals surface area contributed by atoms with E-state index in [0.717, 1.165) is 5.56 Å². The van der Waals surface area contributed by atoms with Gasteiger partial charge in [0.1, 0.15) is 5.82 Å². The maximum atomic E-state index is 14.1. The highest BCUT2D eigenvalue weighted by Gasteiger charge is 2.32. The van der Waals surface area contributed by atoms with E-state index in [4.69, 9.17) is 0 Å². The van der Waals surface area contributed by atoms with Crippen molar-refractivity contribution in [2.75, 3.05) is 30.5 Å². The van der Waals surface area contributed by atoms with Crippen LogP contribution >= 0.6 is 0 Å². The minimum atomic E-state index is -2.97. The number of nitrogens with zero attached hydrogens (tertiary/aromatic N) is 1. The van der Waals surface area contributed by atoms with Crippen LogP contribution in [-0.4, -0.2) is 40.1 Å². The van der Waals surface area contributed by atoms with Crippen molar-refractivity contribution in [3.8, 4) is 0 Å². The molecule has 1 aliphatic rings. The zero-order valence-electron chi connectivity index (χ0n) is 11.2. The molecule has 1 unspecified atom stereocenters. The van der Waals surface area contributed by atoms with E-state index in [1.165, 1.54) is 6.07 Å². The normalized spacial score (nSPS) is 21.5. The van der Waals surface area contributed by atoms with Gasteiger partial charge in [-0.05, 0) is 25.1 Å². The molecular formula is C13H19FN2O2S. The Balaban J connectivity index is 2.31. The lowest BCUT2D eigenvalue weighted by atomic mass is 10.1. The van der Waals surface area contributed by atoms with Crippen molar-refractivity contribution >= 4 is 15.5 Å². The highest BCUT2D eigenvalue weighted by atomic mass is 32.2. The first-order valence-electron chi connectivity index (χ1n) is 6.30. The monoisotopic (exact) mass is 286 g/mol. The Morgan fingerprint density at radius 2 is 2.21 bits per heavy atom. The summed E-state index contributed by atoms with van der Waals surface area (Å²) in [5, 5.41) is 3.00. The van der Waals surface area contributed by atoms with E-state index in [1.54, 1.807) is 25.1 Å². The quantitative estimate of drug-likeness (QED) is 0.902. The molecule has 106 valence electrons. The van der Waals surface area contributed by atoms with Gasteiger partial charge < -0.3 is 10.2 Å². The minimum Gasteiger partial charge on any atom is -0.368 e. The summed E-state index contributed by atoms with van der Waals surface area (Å²) in [5.41, 5.74) is 1.34. The molecule has 0 bridgehead atoms. The lowest BCUT2D eigenvalue weighted by Gasteiger charge is -2.28. The predicted octanol–water partition coefficient (Wildman–Crippen LogP) is 1.17. The van der Waals surface area contributed by atoms with Crippen LogP contribution in [0.2, 0.25) is 0 Å². The maximum absolute atomic E-state index is 14.1. The van der Waals surface area contributed by atoms with Crippen molar-refractivity contribution in [1.29, 1.82) is 0 Å². The molecule has 0 amide bonds. The molecule has 0 saturated carbocycles. The van der Waals surface area contributed by atoms with Crippen molar-refractivity contribution in [1.82, 2.24) is 5.32 Å². The smallest absolute Gasteiger partial charge is 0.152 e. The van der Waals surface area contributed by atoms with Crippen molar-refractivity contribution in [3.05, 3.63) is 29.6 Å². The van der Waals surface area contributed by atoms with Gasteiger partial charge in [0, 0.05) is 19.6 Å². The lowest BCUT2D eigenvalue weighted by molar-refractivity contribution is 0.594. The number of anilines is 1. The first-order valence-corrected chi connectivity index (χ1v) is 8.12. The molecule has 1 aliphatic heterocycles. The maximum Gasteiger partial charge on any atom is 0.152 e. The van der Waals surface area contributed by atoms with E-state index in [0.29, 0.717) is 18.7 Å². The first kappa shape index (κ1) is 14.3. The molecule has 4 nitrogen and oxygen atoms in total. The van der Waals surface area contributed by atoms with Gasteiger partial charge in [0.2, 0.25) is 0 Å². The van der Waals surface area contributed by atoms with Gasteiger partial charge in [0.05, 0.1) is 17.2 Å². The summed E-state index contributed by atoms with van der Waals surface area (Å²) in [6.07, 6.45) is 0.562. The van der Waals surface area contributed by atoms with Crippen LogP contribution < -0.4 is 10.2 Å². The third kappa shape index (κ3) is 3.06. The molecule has 2 rings (SSSR count). The molecule has 1 N–H and O–H groups in total. The number of hydrogen-bond acceptors (Lipinski definition) is 4. The Labute approximate surface area is 113 Å². The van der Waals surface area contributed by atoms with Gasteiger partial charge in [-0.2, -0.15) is 0 Å². The molecule has 0 aliphatic carbocycles. The van der Waals surface area contributed by atoms with Crippen LogP contribution in [0.5, 0.6) is 0 Å². The Kier molecular flexibility index (Phi) is 4.10. The Bertz CT molecular complexity index is 560. The van der Waals surface area contributed by atoms with E-state index in [-0.39, 0.29) is 23.4 Å². The second-order valence-electron chi connectivity index (χ2n) is 4.95. The summed E-state index contributed by atoms with van der Waals surface area (Å²) in [5.74, 6) is -0.00573. The van der Waals surface area contributed by atoms with Gasteiger partial charge in [-0.25, -0.2) is 12.8 Å². The van der Waals surface area contributed by atoms with Crippen LogP contribution in [0, 0.1) is 5.82 Å². The van der Waals surface area contributed by atoms with Gasteiger partial charge in [-0.1, -0.05) is 12.1 Å². The van der Waals surface area contributed by atoms with Crippen molar-refractivity contribution in [2.24, 2.45) is 0 Å². The largest absolute Gasteiger partial charge is 0.368 e. The van der Waals surface area contributed by atoms with Crippen LogP contribution in [0.4, 0.5) is 10.1 Å². The molecule has 0 spiro atoms. The van der Waals surface area contributed by atoms with E-state index >= 15 is 0 Å². The van der Waals surface area contributed by atoms with Crippen molar-refractivity contribution in [3.63, 3.8) is 0 Å². The lowest BCUT2D eigenvalue weighted by Crippen LogP contribution is -2.34. The summed E-state index contributed by atoms with van der Waals surface area (Å²) in [6.45, 7) is 0.552. The van der Waals surface area contributed by atoms with Gasteiger partial charge in [0.25, 0.3) is 0 Å². The fourth-order valence-electron chi connectivity index (χ4n) is 2.55. The van der Waals surface area contributed by atoms with Crippen LogP contribution in [0.3, 0.4) is 0 Å². The van der Waals surface area contributed by atoms with E-state index in [2.05, 4.69) is 5.32 Å². The van der Waals surface area contributed by atoms with Crippen LogP contribution in [0.25, 0.3) is 0 Å². The predicted molar refractivity (Wildman–Crippen MR) is 74.6 cm³/mol. The number of halogens is 1. The Morgan fingerprint density at radius 1 is 1.47 bits per heavy atom. The number of rotatable bonds is 4. The number of para-hydroxylation sites is 1. The molecule has 1 atom stereocenters. The van der Waals surface area contributed by atoms with Crippen molar-refractivity contribution in [2.45, 2.75) is 19.0 Å². The van der Waals surface area contributed by atoms with Gasteiger partial charge in [-0.15, -0.1) is 0 Å². The second kappa shape index (κ2) is 5.46. The standard InChI is InChI=1S/C13H19FN2O2S/c1-15-8-10-4-3-5-12(14)13(10)16(2)11-6-7-19(17,18)9-11/h3-5,11,15H,6-9H2,1-2H3. The molecule has 1 aromatic rings. The van der Waals surface area contributed by atoms with Gasteiger partial charge in [-0.3, -0.25) is 0 Å². The van der Waals surface area contributed by atoms with E-state index in [1.807, 2.05) is 6.07 Å². The Hall–Kier alpha value is -1.14. The molecule has 0 radical (unpaired) electrons. The number of sulfone groups is 1. The summed E-state index contributed by atoms with van der Waals surface area (Å²) >= 11 is 0. The van der Waals surface area contributed by atoms with E-state index < -0.39 is 9.84 Å². The fourth-order valence-corrected chi connectivity index (χ4v) is 4.33. The van der Waals surface area contributed by atoms with Crippen molar-refractivity contribution < 1.29 is 12.8 Å². The molecule has 0 aromatic heterocycles. The Morgan fingerprint density at radius 3 is 2.79 bits per heavy atom. The van der Waals surface area contributed by atoms with Crippen LogP contribution in [-0.2, 0) is 16.4 Å². The highest BCUT2D eigenvalue weighted by Crippen LogP contribution is 2.28. The summed E-state index contributed by atoms with van der Waals surface area (Å²) in [6, 6.07) is 4.80. The topological polar surface area (TPSA) is 49.4 Å². The third-order valence-corrected chi connectivity index (χ3v) is 5.30. The highest BCUT2D eigenvalue weighted by molar-refractivity contribution is 7.91.